The molecule has 1 aromatic rings. The molecule has 1 aliphatic rings. The molecular weight excluding hydrogens is 242 g/mol. The van der Waals surface area contributed by atoms with Crippen molar-refractivity contribution in [3.05, 3.63) is 35.4 Å². The van der Waals surface area contributed by atoms with Crippen LogP contribution in [0.4, 0.5) is 0 Å². The van der Waals surface area contributed by atoms with Crippen LogP contribution in [-0.4, -0.2) is 35.5 Å². The average Bonchev–Trinajstić information content (AvgIpc) is 2.69. The number of carbonyl (C=O) groups excluding carboxylic acids is 2. The molecule has 2 amide bonds. The first kappa shape index (κ1) is 17.3. The second-order valence-corrected chi connectivity index (χ2v) is 4.16. The van der Waals surface area contributed by atoms with E-state index < -0.39 is 0 Å². The van der Waals surface area contributed by atoms with Crippen LogP contribution in [0, 0.1) is 5.92 Å². The van der Waals surface area contributed by atoms with Gasteiger partial charge < -0.3 is 5.11 Å². The zero-order chi connectivity index (χ0) is 15.0. The van der Waals surface area contributed by atoms with Crippen LogP contribution >= 0.6 is 0 Å². The van der Waals surface area contributed by atoms with E-state index in [1.54, 1.807) is 24.3 Å². The third kappa shape index (κ3) is 3.89. The number of nitrogens with zero attached hydrogens (tertiary/aromatic N) is 1. The number of rotatable bonds is 2. The summed E-state index contributed by atoms with van der Waals surface area (Å²) >= 11 is 0. The SMILES string of the molecule is CC.CC(C)CN1C(=O)c2ccccc2C1=O.CO. The lowest BCUT2D eigenvalue weighted by atomic mass is 10.1. The highest BCUT2D eigenvalue weighted by atomic mass is 16.2. The normalized spacial score (nSPS) is 12.5. The Morgan fingerprint density at radius 1 is 1.00 bits per heavy atom. The van der Waals surface area contributed by atoms with Crippen molar-refractivity contribution in [2.24, 2.45) is 5.92 Å². The fourth-order valence-electron chi connectivity index (χ4n) is 1.77. The van der Waals surface area contributed by atoms with E-state index in [0.29, 0.717) is 23.6 Å². The molecule has 0 saturated heterocycles. The highest BCUT2D eigenvalue weighted by Crippen LogP contribution is 2.22. The van der Waals surface area contributed by atoms with E-state index >= 15 is 0 Å². The van der Waals surface area contributed by atoms with Crippen molar-refractivity contribution in [1.29, 1.82) is 0 Å². The topological polar surface area (TPSA) is 57.6 Å². The Morgan fingerprint density at radius 3 is 1.68 bits per heavy atom. The molecule has 4 nitrogen and oxygen atoms in total. The molecule has 0 aliphatic carbocycles. The fourth-order valence-corrected chi connectivity index (χ4v) is 1.77. The van der Waals surface area contributed by atoms with Crippen LogP contribution in [0.3, 0.4) is 0 Å². The van der Waals surface area contributed by atoms with Crippen molar-refractivity contribution >= 4 is 11.8 Å². The maximum absolute atomic E-state index is 11.8. The Kier molecular flexibility index (Phi) is 7.68. The molecule has 1 N–H and O–H groups in total. The van der Waals surface area contributed by atoms with E-state index in [4.69, 9.17) is 5.11 Å². The molecule has 0 aromatic heterocycles. The Labute approximate surface area is 115 Å². The predicted octanol–water partition coefficient (Wildman–Crippen LogP) is 2.57. The molecular formula is C15H23NO3. The van der Waals surface area contributed by atoms with Crippen LogP contribution in [0.15, 0.2) is 24.3 Å². The molecule has 0 atom stereocenters. The van der Waals surface area contributed by atoms with E-state index in [0.717, 1.165) is 7.11 Å². The molecule has 1 heterocycles. The van der Waals surface area contributed by atoms with E-state index in [-0.39, 0.29) is 11.8 Å². The average molecular weight is 265 g/mol. The molecule has 0 bridgehead atoms. The summed E-state index contributed by atoms with van der Waals surface area (Å²) in [6, 6.07) is 6.97. The number of imide groups is 1. The number of benzene rings is 1. The lowest BCUT2D eigenvalue weighted by Gasteiger charge is -2.15. The van der Waals surface area contributed by atoms with Gasteiger partial charge in [-0.2, -0.15) is 0 Å². The van der Waals surface area contributed by atoms with Gasteiger partial charge in [0, 0.05) is 13.7 Å². The summed E-state index contributed by atoms with van der Waals surface area (Å²) in [6.45, 7) is 8.47. The van der Waals surface area contributed by atoms with Crippen molar-refractivity contribution < 1.29 is 14.7 Å². The smallest absolute Gasteiger partial charge is 0.261 e. The van der Waals surface area contributed by atoms with Gasteiger partial charge in [0.25, 0.3) is 11.8 Å². The zero-order valence-corrected chi connectivity index (χ0v) is 12.3. The van der Waals surface area contributed by atoms with Gasteiger partial charge in [-0.25, -0.2) is 0 Å². The number of hydrogen-bond donors (Lipinski definition) is 1. The molecule has 2 rings (SSSR count). The first-order chi connectivity index (χ1) is 9.11. The minimum absolute atomic E-state index is 0.163. The second-order valence-electron chi connectivity index (χ2n) is 4.16. The van der Waals surface area contributed by atoms with Crippen molar-refractivity contribution in [1.82, 2.24) is 4.90 Å². The highest BCUT2D eigenvalue weighted by Gasteiger charge is 2.34. The lowest BCUT2D eigenvalue weighted by Crippen LogP contribution is -2.33. The molecule has 0 unspecified atom stereocenters. The summed E-state index contributed by atoms with van der Waals surface area (Å²) in [5, 5.41) is 7.00. The van der Waals surface area contributed by atoms with E-state index in [1.165, 1.54) is 4.90 Å². The predicted molar refractivity (Wildman–Crippen MR) is 76.1 cm³/mol. The van der Waals surface area contributed by atoms with Crippen LogP contribution in [0.2, 0.25) is 0 Å². The number of aliphatic hydroxyl groups is 1. The molecule has 0 saturated carbocycles. The van der Waals surface area contributed by atoms with E-state index in [9.17, 15) is 9.59 Å². The Bertz CT molecular complexity index is 392. The molecule has 1 aliphatic heterocycles. The second kappa shape index (κ2) is 8.43. The largest absolute Gasteiger partial charge is 0.400 e. The lowest BCUT2D eigenvalue weighted by molar-refractivity contribution is 0.0636. The number of aliphatic hydroxyl groups excluding tert-OH is 1. The molecule has 106 valence electrons. The molecule has 4 heteroatoms. The Hall–Kier alpha value is -1.68. The van der Waals surface area contributed by atoms with Crippen molar-refractivity contribution in [3.8, 4) is 0 Å². The zero-order valence-electron chi connectivity index (χ0n) is 12.3. The van der Waals surface area contributed by atoms with Crippen LogP contribution in [0.25, 0.3) is 0 Å². The molecule has 0 radical (unpaired) electrons. The maximum atomic E-state index is 11.8. The maximum Gasteiger partial charge on any atom is 0.261 e. The summed E-state index contributed by atoms with van der Waals surface area (Å²) in [6.07, 6.45) is 0. The first-order valence-electron chi connectivity index (χ1n) is 6.51. The number of amides is 2. The van der Waals surface area contributed by atoms with Gasteiger partial charge >= 0.3 is 0 Å². The minimum Gasteiger partial charge on any atom is -0.400 e. The third-order valence-electron chi connectivity index (χ3n) is 2.43. The summed E-state index contributed by atoms with van der Waals surface area (Å²) in [5.41, 5.74) is 1.06. The molecule has 1 aromatic carbocycles. The van der Waals surface area contributed by atoms with Crippen molar-refractivity contribution in [2.45, 2.75) is 27.7 Å². The third-order valence-corrected chi connectivity index (χ3v) is 2.43. The van der Waals surface area contributed by atoms with Gasteiger partial charge in [-0.05, 0) is 18.1 Å². The van der Waals surface area contributed by atoms with Crippen LogP contribution in [0.5, 0.6) is 0 Å². The van der Waals surface area contributed by atoms with Crippen LogP contribution in [-0.2, 0) is 0 Å². The first-order valence-corrected chi connectivity index (χ1v) is 6.51. The molecule has 0 spiro atoms. The quantitative estimate of drug-likeness (QED) is 0.836. The Morgan fingerprint density at radius 2 is 1.37 bits per heavy atom. The number of hydrogen-bond acceptors (Lipinski definition) is 3. The van der Waals surface area contributed by atoms with Gasteiger partial charge in [0.15, 0.2) is 0 Å². The van der Waals surface area contributed by atoms with Gasteiger partial charge in [0.05, 0.1) is 11.1 Å². The summed E-state index contributed by atoms with van der Waals surface area (Å²) in [7, 11) is 1.00. The van der Waals surface area contributed by atoms with Crippen molar-refractivity contribution in [2.75, 3.05) is 13.7 Å². The van der Waals surface area contributed by atoms with Gasteiger partial charge in [-0.1, -0.05) is 39.8 Å². The van der Waals surface area contributed by atoms with Gasteiger partial charge in [-0.3, -0.25) is 14.5 Å². The van der Waals surface area contributed by atoms with Crippen LogP contribution in [0.1, 0.15) is 48.4 Å². The summed E-state index contributed by atoms with van der Waals surface area (Å²) in [5.74, 6) is -0.0270. The van der Waals surface area contributed by atoms with E-state index in [2.05, 4.69) is 0 Å². The fraction of sp³-hybridized carbons (Fsp3) is 0.467. The standard InChI is InChI=1S/C12H13NO2.C2H6.CH4O/c1-8(2)7-13-11(14)9-5-3-4-6-10(9)12(13)15;2*1-2/h3-6,8H,7H2,1-2H3;1-2H3;2H,1H3. The highest BCUT2D eigenvalue weighted by molar-refractivity contribution is 6.21. The van der Waals surface area contributed by atoms with Gasteiger partial charge in [0.1, 0.15) is 0 Å². The minimum atomic E-state index is -0.163. The number of carbonyl (C=O) groups is 2. The molecule has 19 heavy (non-hydrogen) atoms. The van der Waals surface area contributed by atoms with Crippen LogP contribution < -0.4 is 0 Å². The van der Waals surface area contributed by atoms with Gasteiger partial charge in [0.2, 0.25) is 0 Å². The number of fused-ring (bicyclic) bond motifs is 1. The Balaban J connectivity index is 0.000000741. The van der Waals surface area contributed by atoms with E-state index in [1.807, 2.05) is 27.7 Å². The van der Waals surface area contributed by atoms with Crippen molar-refractivity contribution in [3.63, 3.8) is 0 Å². The monoisotopic (exact) mass is 265 g/mol. The summed E-state index contributed by atoms with van der Waals surface area (Å²) < 4.78 is 0. The summed E-state index contributed by atoms with van der Waals surface area (Å²) in [4.78, 5) is 25.0. The molecule has 0 fully saturated rings. The van der Waals surface area contributed by atoms with Gasteiger partial charge in [-0.15, -0.1) is 0 Å².